The molecule has 1 heteroatoms. The molecule has 0 N–H and O–H groups in total. The molecule has 1 atom stereocenters. The minimum atomic E-state index is 0.476. The molecule has 0 heterocycles. The molecule has 0 saturated carbocycles. The minimum absolute atomic E-state index is 0.476. The van der Waals surface area contributed by atoms with Crippen LogP contribution in [-0.2, 0) is 0 Å². The lowest BCUT2D eigenvalue weighted by Crippen LogP contribution is -2.11. The summed E-state index contributed by atoms with van der Waals surface area (Å²) in [6, 6.07) is 0. The zero-order valence-corrected chi connectivity index (χ0v) is 11.2. The summed E-state index contributed by atoms with van der Waals surface area (Å²) < 4.78 is 0. The second-order valence-corrected chi connectivity index (χ2v) is 4.62. The van der Waals surface area contributed by atoms with Crippen molar-refractivity contribution < 1.29 is 0 Å². The Labute approximate surface area is 106 Å². The van der Waals surface area contributed by atoms with Crippen LogP contribution >= 0.6 is 0 Å². The van der Waals surface area contributed by atoms with Gasteiger partial charge < -0.3 is 4.90 Å². The first kappa shape index (κ1) is 13.6. The highest BCUT2D eigenvalue weighted by atomic mass is 15.0. The van der Waals surface area contributed by atoms with E-state index in [1.807, 2.05) is 26.2 Å². The molecule has 1 rings (SSSR count). The van der Waals surface area contributed by atoms with Crippen LogP contribution in [0.15, 0.2) is 60.4 Å². The van der Waals surface area contributed by atoms with Gasteiger partial charge in [0.1, 0.15) is 0 Å². The van der Waals surface area contributed by atoms with Crippen molar-refractivity contribution in [1.82, 2.24) is 4.90 Å². The smallest absolute Gasteiger partial charge is 0.00556 e. The second-order valence-electron chi connectivity index (χ2n) is 4.62. The lowest BCUT2D eigenvalue weighted by atomic mass is 9.80. The maximum absolute atomic E-state index is 3.93. The summed E-state index contributed by atoms with van der Waals surface area (Å²) >= 11 is 0. The van der Waals surface area contributed by atoms with E-state index in [1.165, 1.54) is 16.7 Å². The highest BCUT2D eigenvalue weighted by Gasteiger charge is 2.19. The predicted molar refractivity (Wildman–Crippen MR) is 76.7 cm³/mol. The predicted octanol–water partition coefficient (Wildman–Crippen LogP) is 4.09. The van der Waals surface area contributed by atoms with Crippen molar-refractivity contribution in [3.63, 3.8) is 0 Å². The van der Waals surface area contributed by atoms with Gasteiger partial charge in [-0.3, -0.25) is 0 Å². The average molecular weight is 229 g/mol. The number of hydrogen-bond acceptors (Lipinski definition) is 1. The zero-order chi connectivity index (χ0) is 12.8. The maximum atomic E-state index is 3.93. The Hall–Kier alpha value is -1.50. The summed E-state index contributed by atoms with van der Waals surface area (Å²) in [6.07, 6.45) is 12.6. The Morgan fingerprint density at radius 1 is 1.24 bits per heavy atom. The molecule has 0 amide bonds. The van der Waals surface area contributed by atoms with Crippen LogP contribution in [0.25, 0.3) is 0 Å². The van der Waals surface area contributed by atoms with Crippen molar-refractivity contribution in [2.24, 2.45) is 5.92 Å². The maximum Gasteiger partial charge on any atom is 0.00556 e. The van der Waals surface area contributed by atoms with Gasteiger partial charge in [-0.25, -0.2) is 0 Å². The fraction of sp³-hybridized carbons (Fsp3) is 0.375. The Balaban J connectivity index is 3.03. The molecule has 1 unspecified atom stereocenters. The topological polar surface area (TPSA) is 3.24 Å². The van der Waals surface area contributed by atoms with E-state index < -0.39 is 0 Å². The molecule has 0 saturated heterocycles. The van der Waals surface area contributed by atoms with E-state index in [-0.39, 0.29) is 0 Å². The minimum Gasteiger partial charge on any atom is -0.383 e. The Bertz CT molecular complexity index is 380. The van der Waals surface area contributed by atoms with Crippen LogP contribution in [0.4, 0.5) is 0 Å². The molecule has 92 valence electrons. The largest absolute Gasteiger partial charge is 0.383 e. The molecule has 17 heavy (non-hydrogen) atoms. The third-order valence-electron chi connectivity index (χ3n) is 3.20. The number of allylic oxidation sites excluding steroid dienone is 7. The van der Waals surface area contributed by atoms with E-state index in [0.29, 0.717) is 5.92 Å². The van der Waals surface area contributed by atoms with Gasteiger partial charge in [0.15, 0.2) is 0 Å². The van der Waals surface area contributed by atoms with Crippen LogP contribution in [-0.4, -0.2) is 19.0 Å². The highest BCUT2D eigenvalue weighted by molar-refractivity contribution is 5.41. The van der Waals surface area contributed by atoms with Crippen LogP contribution in [0.5, 0.6) is 0 Å². The molecule has 0 spiro atoms. The van der Waals surface area contributed by atoms with E-state index in [0.717, 1.165) is 12.8 Å². The first-order valence-corrected chi connectivity index (χ1v) is 6.09. The Morgan fingerprint density at radius 2 is 1.94 bits per heavy atom. The standard InChI is InChI=1S/C16H23N/c1-6-13-11-15(8-3)16(9-10-17(4)5)12-14(13)7-2/h6-10,13H,1,3,11-12H2,2,4-5H3/b10-9+,14-7-. The lowest BCUT2D eigenvalue weighted by molar-refractivity contribution is 0.562. The van der Waals surface area contributed by atoms with Crippen molar-refractivity contribution in [3.8, 4) is 0 Å². The molecule has 0 radical (unpaired) electrons. The van der Waals surface area contributed by atoms with Crippen molar-refractivity contribution >= 4 is 0 Å². The molecule has 0 fully saturated rings. The van der Waals surface area contributed by atoms with Crippen molar-refractivity contribution in [2.45, 2.75) is 19.8 Å². The van der Waals surface area contributed by atoms with Crippen LogP contribution < -0.4 is 0 Å². The van der Waals surface area contributed by atoms with E-state index in [2.05, 4.69) is 43.3 Å². The molecule has 1 aliphatic carbocycles. The van der Waals surface area contributed by atoms with Gasteiger partial charge >= 0.3 is 0 Å². The molecule has 1 nitrogen and oxygen atoms in total. The number of hydrogen-bond donors (Lipinski definition) is 0. The normalized spacial score (nSPS) is 23.2. The average Bonchev–Trinajstić information content (AvgIpc) is 2.34. The van der Waals surface area contributed by atoms with Crippen LogP contribution in [0.1, 0.15) is 19.8 Å². The lowest BCUT2D eigenvalue weighted by Gasteiger charge is -2.25. The quantitative estimate of drug-likeness (QED) is 0.656. The monoisotopic (exact) mass is 229 g/mol. The van der Waals surface area contributed by atoms with E-state index in [9.17, 15) is 0 Å². The fourth-order valence-corrected chi connectivity index (χ4v) is 2.13. The van der Waals surface area contributed by atoms with Gasteiger partial charge in [-0.2, -0.15) is 0 Å². The third kappa shape index (κ3) is 3.48. The molecule has 1 aliphatic rings. The summed E-state index contributed by atoms with van der Waals surface area (Å²) in [6.45, 7) is 9.96. The van der Waals surface area contributed by atoms with Gasteiger partial charge in [-0.1, -0.05) is 30.4 Å². The summed E-state index contributed by atoms with van der Waals surface area (Å²) in [5.41, 5.74) is 4.18. The summed E-state index contributed by atoms with van der Waals surface area (Å²) in [5, 5.41) is 0. The van der Waals surface area contributed by atoms with Gasteiger partial charge in [-0.05, 0) is 43.2 Å². The molecule has 0 aromatic heterocycles. The van der Waals surface area contributed by atoms with E-state index >= 15 is 0 Å². The van der Waals surface area contributed by atoms with Crippen LogP contribution in [0.3, 0.4) is 0 Å². The summed E-state index contributed by atoms with van der Waals surface area (Å²) in [7, 11) is 4.08. The molecule has 0 bridgehead atoms. The van der Waals surface area contributed by atoms with Gasteiger partial charge in [0.25, 0.3) is 0 Å². The summed E-state index contributed by atoms with van der Waals surface area (Å²) in [4.78, 5) is 2.06. The van der Waals surface area contributed by atoms with Crippen molar-refractivity contribution in [2.75, 3.05) is 14.1 Å². The molecular weight excluding hydrogens is 206 g/mol. The van der Waals surface area contributed by atoms with E-state index in [4.69, 9.17) is 0 Å². The SMILES string of the molecule is C=CC1=C(/C=C/N(C)C)C/C(=C/C)C(C=C)C1. The third-order valence-corrected chi connectivity index (χ3v) is 3.20. The van der Waals surface area contributed by atoms with Crippen molar-refractivity contribution in [3.05, 3.63) is 60.4 Å². The van der Waals surface area contributed by atoms with Crippen LogP contribution in [0.2, 0.25) is 0 Å². The molecule has 0 aromatic carbocycles. The molecular formula is C16H23N. The van der Waals surface area contributed by atoms with Crippen LogP contribution in [0, 0.1) is 5.92 Å². The van der Waals surface area contributed by atoms with Gasteiger partial charge in [0.05, 0.1) is 0 Å². The second kappa shape index (κ2) is 6.29. The molecule has 0 aromatic rings. The Kier molecular flexibility index (Phi) is 5.02. The van der Waals surface area contributed by atoms with Gasteiger partial charge in [0.2, 0.25) is 0 Å². The van der Waals surface area contributed by atoms with Gasteiger partial charge in [0, 0.05) is 20.0 Å². The highest BCUT2D eigenvalue weighted by Crippen LogP contribution is 2.35. The summed E-state index contributed by atoms with van der Waals surface area (Å²) in [5.74, 6) is 0.476. The van der Waals surface area contributed by atoms with E-state index in [1.54, 1.807) is 0 Å². The zero-order valence-electron chi connectivity index (χ0n) is 11.2. The van der Waals surface area contributed by atoms with Crippen molar-refractivity contribution in [1.29, 1.82) is 0 Å². The van der Waals surface area contributed by atoms with Gasteiger partial charge in [-0.15, -0.1) is 6.58 Å². The first-order chi connectivity index (χ1) is 8.12. The molecule has 0 aliphatic heterocycles. The fourth-order valence-electron chi connectivity index (χ4n) is 2.13. The number of rotatable bonds is 4. The number of nitrogens with zero attached hydrogens (tertiary/aromatic N) is 1. The Morgan fingerprint density at radius 3 is 2.41 bits per heavy atom. The first-order valence-electron chi connectivity index (χ1n) is 6.09.